The van der Waals surface area contributed by atoms with Crippen LogP contribution in [0.15, 0.2) is 22.8 Å². The summed E-state index contributed by atoms with van der Waals surface area (Å²) >= 11 is 9.21. The van der Waals surface area contributed by atoms with Crippen LogP contribution in [-0.2, 0) is 13.5 Å². The molecule has 7 heteroatoms. The van der Waals surface area contributed by atoms with Crippen LogP contribution in [-0.4, -0.2) is 20.7 Å². The van der Waals surface area contributed by atoms with Crippen molar-refractivity contribution in [3.8, 4) is 0 Å². The number of carbonyl (C=O) groups excluding carboxylic acids is 1. The average molecular weight is 344 g/mol. The highest BCUT2D eigenvalue weighted by molar-refractivity contribution is 9.10. The number of carbonyl (C=O) groups is 1. The van der Waals surface area contributed by atoms with Gasteiger partial charge >= 0.3 is 0 Å². The molecule has 0 aromatic carbocycles. The van der Waals surface area contributed by atoms with Crippen LogP contribution in [0, 0.1) is 0 Å². The zero-order valence-corrected chi connectivity index (χ0v) is 12.8. The lowest BCUT2D eigenvalue weighted by atomic mass is 10.3. The number of hydrogen-bond donors (Lipinski definition) is 1. The molecule has 2 heterocycles. The van der Waals surface area contributed by atoms with Crippen LogP contribution in [0.4, 0.5) is 5.69 Å². The van der Waals surface area contributed by atoms with Crippen LogP contribution >= 0.6 is 27.5 Å². The Morgan fingerprint density at radius 2 is 2.26 bits per heavy atom. The van der Waals surface area contributed by atoms with Gasteiger partial charge in [0.15, 0.2) is 5.15 Å². The Kier molecular flexibility index (Phi) is 4.21. The molecule has 0 atom stereocenters. The molecule has 5 nitrogen and oxygen atoms in total. The molecule has 19 heavy (non-hydrogen) atoms. The van der Waals surface area contributed by atoms with Crippen molar-refractivity contribution in [3.63, 3.8) is 0 Å². The first kappa shape index (κ1) is 14.0. The fourth-order valence-electron chi connectivity index (χ4n) is 1.61. The number of nitrogens with one attached hydrogen (secondary N) is 1. The molecule has 0 unspecified atom stereocenters. The van der Waals surface area contributed by atoms with E-state index in [1.807, 2.05) is 6.92 Å². The van der Waals surface area contributed by atoms with Gasteiger partial charge < -0.3 is 5.32 Å². The highest BCUT2D eigenvalue weighted by atomic mass is 79.9. The van der Waals surface area contributed by atoms with Crippen molar-refractivity contribution in [1.82, 2.24) is 14.8 Å². The fourth-order valence-corrected chi connectivity index (χ4v) is 2.09. The third kappa shape index (κ3) is 3.13. The van der Waals surface area contributed by atoms with Crippen LogP contribution in [0.1, 0.15) is 23.1 Å². The third-order valence-corrected chi connectivity index (χ3v) is 3.31. The van der Waals surface area contributed by atoms with Crippen LogP contribution in [0.5, 0.6) is 0 Å². The molecule has 0 radical (unpaired) electrons. The number of aryl methyl sites for hydroxylation is 2. The normalized spacial score (nSPS) is 10.5. The number of hydrogen-bond acceptors (Lipinski definition) is 3. The SMILES string of the molecule is CCc1cc(C(=O)Nc2cc(Br)cnc2Cl)n(C)n1. The van der Waals surface area contributed by atoms with Gasteiger partial charge in [0.1, 0.15) is 5.69 Å². The Morgan fingerprint density at radius 1 is 1.53 bits per heavy atom. The summed E-state index contributed by atoms with van der Waals surface area (Å²) in [5, 5.41) is 7.20. The van der Waals surface area contributed by atoms with Crippen molar-refractivity contribution < 1.29 is 4.79 Å². The van der Waals surface area contributed by atoms with Crippen molar-refractivity contribution in [1.29, 1.82) is 0 Å². The quantitative estimate of drug-likeness (QED) is 0.871. The average Bonchev–Trinajstić information content (AvgIpc) is 2.75. The Balaban J connectivity index is 2.25. The molecule has 0 saturated heterocycles. The minimum Gasteiger partial charge on any atom is -0.318 e. The minimum atomic E-state index is -0.267. The fraction of sp³-hybridized carbons (Fsp3) is 0.250. The second-order valence-electron chi connectivity index (χ2n) is 3.94. The lowest BCUT2D eigenvalue weighted by molar-refractivity contribution is 0.101. The zero-order chi connectivity index (χ0) is 14.0. The van der Waals surface area contributed by atoms with Crippen molar-refractivity contribution in [3.05, 3.63) is 39.3 Å². The number of halogens is 2. The first-order valence-corrected chi connectivity index (χ1v) is 6.83. The molecule has 2 aromatic rings. The topological polar surface area (TPSA) is 59.8 Å². The maximum Gasteiger partial charge on any atom is 0.274 e. The van der Waals surface area contributed by atoms with Crippen molar-refractivity contribution >= 4 is 39.1 Å². The van der Waals surface area contributed by atoms with Gasteiger partial charge in [-0.15, -0.1) is 0 Å². The summed E-state index contributed by atoms with van der Waals surface area (Å²) < 4.78 is 2.29. The van der Waals surface area contributed by atoms with Crippen molar-refractivity contribution in [2.45, 2.75) is 13.3 Å². The predicted molar refractivity (Wildman–Crippen MR) is 77.5 cm³/mol. The van der Waals surface area contributed by atoms with E-state index in [0.717, 1.165) is 16.6 Å². The zero-order valence-electron chi connectivity index (χ0n) is 10.4. The minimum absolute atomic E-state index is 0.245. The van der Waals surface area contributed by atoms with E-state index in [0.29, 0.717) is 11.4 Å². The van der Waals surface area contributed by atoms with E-state index in [9.17, 15) is 4.79 Å². The molecular formula is C12H12BrClN4O. The molecule has 0 aliphatic rings. The summed E-state index contributed by atoms with van der Waals surface area (Å²) in [6.07, 6.45) is 2.34. The van der Waals surface area contributed by atoms with E-state index in [2.05, 4.69) is 31.3 Å². The largest absolute Gasteiger partial charge is 0.318 e. The molecule has 2 rings (SSSR count). The molecular weight excluding hydrogens is 332 g/mol. The molecule has 0 saturated carbocycles. The lowest BCUT2D eigenvalue weighted by Gasteiger charge is -2.06. The second-order valence-corrected chi connectivity index (χ2v) is 5.22. The summed E-state index contributed by atoms with van der Waals surface area (Å²) in [7, 11) is 1.73. The lowest BCUT2D eigenvalue weighted by Crippen LogP contribution is -2.16. The monoisotopic (exact) mass is 342 g/mol. The molecule has 1 amide bonds. The number of rotatable bonds is 3. The molecule has 0 aliphatic heterocycles. The number of aromatic nitrogens is 3. The first-order chi connectivity index (χ1) is 9.01. The molecule has 0 bridgehead atoms. The van der Waals surface area contributed by atoms with Gasteiger partial charge in [-0.3, -0.25) is 9.48 Å². The molecule has 2 aromatic heterocycles. The second kappa shape index (κ2) is 5.71. The number of anilines is 1. The Hall–Kier alpha value is -1.40. The van der Waals surface area contributed by atoms with E-state index in [1.165, 1.54) is 0 Å². The highest BCUT2D eigenvalue weighted by Gasteiger charge is 2.14. The Bertz CT molecular complexity index is 626. The van der Waals surface area contributed by atoms with Crippen molar-refractivity contribution in [2.75, 3.05) is 5.32 Å². The standard InChI is InChI=1S/C12H12BrClN4O/c1-3-8-5-10(18(2)17-8)12(19)16-9-4-7(13)6-15-11(9)14/h4-6H,3H2,1-2H3,(H,16,19). The highest BCUT2D eigenvalue weighted by Crippen LogP contribution is 2.23. The van der Waals surface area contributed by atoms with Crippen LogP contribution in [0.25, 0.3) is 0 Å². The summed E-state index contributed by atoms with van der Waals surface area (Å²) in [6.45, 7) is 1.99. The van der Waals surface area contributed by atoms with E-state index in [4.69, 9.17) is 11.6 Å². The Morgan fingerprint density at radius 3 is 2.89 bits per heavy atom. The maximum absolute atomic E-state index is 12.2. The van der Waals surface area contributed by atoms with Gasteiger partial charge in [-0.1, -0.05) is 18.5 Å². The molecule has 0 spiro atoms. The van der Waals surface area contributed by atoms with Gasteiger partial charge in [-0.05, 0) is 34.5 Å². The smallest absolute Gasteiger partial charge is 0.274 e. The van der Waals surface area contributed by atoms with E-state index >= 15 is 0 Å². The summed E-state index contributed by atoms with van der Waals surface area (Å²) in [4.78, 5) is 16.1. The van der Waals surface area contributed by atoms with Gasteiger partial charge in [-0.25, -0.2) is 4.98 Å². The van der Waals surface area contributed by atoms with E-state index in [1.54, 1.807) is 30.1 Å². The van der Waals surface area contributed by atoms with Crippen LogP contribution in [0.3, 0.4) is 0 Å². The maximum atomic E-state index is 12.2. The van der Waals surface area contributed by atoms with Gasteiger partial charge in [0.2, 0.25) is 0 Å². The number of amides is 1. The third-order valence-electron chi connectivity index (χ3n) is 2.58. The van der Waals surface area contributed by atoms with Gasteiger partial charge in [-0.2, -0.15) is 5.10 Å². The number of pyridine rings is 1. The van der Waals surface area contributed by atoms with E-state index < -0.39 is 0 Å². The van der Waals surface area contributed by atoms with E-state index in [-0.39, 0.29) is 11.1 Å². The molecule has 0 fully saturated rings. The van der Waals surface area contributed by atoms with Gasteiger partial charge in [0.05, 0.1) is 11.4 Å². The van der Waals surface area contributed by atoms with Gasteiger partial charge in [0.25, 0.3) is 5.91 Å². The predicted octanol–water partition coefficient (Wildman–Crippen LogP) is 3.05. The molecule has 1 N–H and O–H groups in total. The number of nitrogens with zero attached hydrogens (tertiary/aromatic N) is 3. The Labute approximate surface area is 124 Å². The van der Waals surface area contributed by atoms with Gasteiger partial charge in [0, 0.05) is 17.7 Å². The van der Waals surface area contributed by atoms with Crippen molar-refractivity contribution in [2.24, 2.45) is 7.05 Å². The first-order valence-electron chi connectivity index (χ1n) is 5.66. The van der Waals surface area contributed by atoms with Crippen LogP contribution < -0.4 is 5.32 Å². The summed E-state index contributed by atoms with van der Waals surface area (Å²) in [5.41, 5.74) is 1.80. The molecule has 100 valence electrons. The summed E-state index contributed by atoms with van der Waals surface area (Å²) in [6, 6.07) is 3.46. The molecule has 0 aliphatic carbocycles. The summed E-state index contributed by atoms with van der Waals surface area (Å²) in [5.74, 6) is -0.267. The van der Waals surface area contributed by atoms with Crippen LogP contribution in [0.2, 0.25) is 5.15 Å².